The lowest BCUT2D eigenvalue weighted by molar-refractivity contribution is -0.138. The standard InChI is InChI=1S/C13H19N3O2S/c1-4-6-16-11(17)7-10(12(16)18)15-13-14-9(5-2)8(3)19-13/h10H,4-7H2,1-3H3,(H,14,15). The topological polar surface area (TPSA) is 62.3 Å². The van der Waals surface area contributed by atoms with Crippen LogP contribution in [0.1, 0.15) is 37.3 Å². The van der Waals surface area contributed by atoms with Gasteiger partial charge in [-0.25, -0.2) is 4.98 Å². The molecular formula is C13H19N3O2S. The van der Waals surface area contributed by atoms with Gasteiger partial charge in [0.05, 0.1) is 12.1 Å². The quantitative estimate of drug-likeness (QED) is 0.838. The van der Waals surface area contributed by atoms with Crippen LogP contribution in [0.15, 0.2) is 0 Å². The van der Waals surface area contributed by atoms with Crippen LogP contribution in [-0.2, 0) is 16.0 Å². The molecule has 2 rings (SSSR count). The molecule has 1 aliphatic heterocycles. The molecule has 0 saturated carbocycles. The summed E-state index contributed by atoms with van der Waals surface area (Å²) in [6.45, 7) is 6.54. The zero-order valence-corrected chi connectivity index (χ0v) is 12.3. The van der Waals surface area contributed by atoms with Crippen LogP contribution in [0.3, 0.4) is 0 Å². The summed E-state index contributed by atoms with van der Waals surface area (Å²) in [7, 11) is 0. The van der Waals surface area contributed by atoms with E-state index < -0.39 is 6.04 Å². The molecule has 0 bridgehead atoms. The van der Waals surface area contributed by atoms with Crippen LogP contribution in [0.25, 0.3) is 0 Å². The normalized spacial score (nSPS) is 19.3. The average Bonchev–Trinajstić information content (AvgIpc) is 2.85. The van der Waals surface area contributed by atoms with Crippen LogP contribution < -0.4 is 5.32 Å². The summed E-state index contributed by atoms with van der Waals surface area (Å²) in [6.07, 6.45) is 1.91. The molecule has 1 aromatic heterocycles. The maximum absolute atomic E-state index is 12.1. The van der Waals surface area contributed by atoms with Gasteiger partial charge >= 0.3 is 0 Å². The van der Waals surface area contributed by atoms with E-state index in [1.165, 1.54) is 16.2 Å². The minimum absolute atomic E-state index is 0.0895. The molecule has 1 atom stereocenters. The number of aryl methyl sites for hydroxylation is 2. The molecule has 2 heterocycles. The molecule has 1 saturated heterocycles. The van der Waals surface area contributed by atoms with E-state index >= 15 is 0 Å². The van der Waals surface area contributed by atoms with Gasteiger partial charge in [0.1, 0.15) is 6.04 Å². The molecule has 0 radical (unpaired) electrons. The largest absolute Gasteiger partial charge is 0.349 e. The highest BCUT2D eigenvalue weighted by atomic mass is 32.1. The third-order valence-corrected chi connectivity index (χ3v) is 4.16. The number of nitrogens with zero attached hydrogens (tertiary/aromatic N) is 2. The zero-order valence-electron chi connectivity index (χ0n) is 11.5. The SMILES string of the molecule is CCCN1C(=O)CC(Nc2nc(CC)c(C)s2)C1=O. The van der Waals surface area contributed by atoms with Gasteiger partial charge in [-0.15, -0.1) is 11.3 Å². The Morgan fingerprint density at radius 3 is 2.74 bits per heavy atom. The van der Waals surface area contributed by atoms with E-state index in [1.54, 1.807) is 0 Å². The Hall–Kier alpha value is -1.43. The number of carbonyl (C=O) groups excluding carboxylic acids is 2. The first-order valence-electron chi connectivity index (χ1n) is 6.63. The number of thiazole rings is 1. The summed E-state index contributed by atoms with van der Waals surface area (Å²) in [4.78, 5) is 30.8. The lowest BCUT2D eigenvalue weighted by atomic mass is 10.2. The van der Waals surface area contributed by atoms with Gasteiger partial charge in [0.25, 0.3) is 5.91 Å². The highest BCUT2D eigenvalue weighted by molar-refractivity contribution is 7.15. The lowest BCUT2D eigenvalue weighted by Crippen LogP contribution is -2.35. The highest BCUT2D eigenvalue weighted by Gasteiger charge is 2.38. The van der Waals surface area contributed by atoms with Gasteiger partial charge in [-0.1, -0.05) is 13.8 Å². The van der Waals surface area contributed by atoms with E-state index in [0.29, 0.717) is 6.54 Å². The summed E-state index contributed by atoms with van der Waals surface area (Å²) < 4.78 is 0. The number of rotatable bonds is 5. The maximum Gasteiger partial charge on any atom is 0.252 e. The third kappa shape index (κ3) is 2.78. The molecule has 0 spiro atoms. The van der Waals surface area contributed by atoms with Crippen LogP contribution >= 0.6 is 11.3 Å². The van der Waals surface area contributed by atoms with Crippen LogP contribution in [0.4, 0.5) is 5.13 Å². The van der Waals surface area contributed by atoms with Gasteiger partial charge in [-0.05, 0) is 19.8 Å². The van der Waals surface area contributed by atoms with Crippen LogP contribution in [0, 0.1) is 6.92 Å². The fourth-order valence-electron chi connectivity index (χ4n) is 2.22. The number of hydrogen-bond donors (Lipinski definition) is 1. The van der Waals surface area contributed by atoms with Crippen molar-refractivity contribution < 1.29 is 9.59 Å². The van der Waals surface area contributed by atoms with E-state index in [-0.39, 0.29) is 18.2 Å². The first-order valence-corrected chi connectivity index (χ1v) is 7.45. The predicted molar refractivity (Wildman–Crippen MR) is 75.3 cm³/mol. The van der Waals surface area contributed by atoms with E-state index in [1.807, 2.05) is 13.8 Å². The summed E-state index contributed by atoms with van der Waals surface area (Å²) in [5.74, 6) is -0.217. The molecule has 1 fully saturated rings. The maximum atomic E-state index is 12.1. The van der Waals surface area contributed by atoms with Crippen molar-refractivity contribution in [2.75, 3.05) is 11.9 Å². The van der Waals surface area contributed by atoms with Crippen molar-refractivity contribution in [3.63, 3.8) is 0 Å². The Balaban J connectivity index is 2.07. The van der Waals surface area contributed by atoms with Gasteiger partial charge in [0.15, 0.2) is 5.13 Å². The van der Waals surface area contributed by atoms with Crippen molar-refractivity contribution >= 4 is 28.3 Å². The van der Waals surface area contributed by atoms with Gasteiger partial charge in [0, 0.05) is 11.4 Å². The molecule has 19 heavy (non-hydrogen) atoms. The second-order valence-electron chi connectivity index (χ2n) is 4.66. The molecule has 1 aromatic rings. The third-order valence-electron chi connectivity index (χ3n) is 3.22. The molecule has 5 nitrogen and oxygen atoms in total. The summed E-state index contributed by atoms with van der Waals surface area (Å²) >= 11 is 1.54. The number of imide groups is 1. The minimum Gasteiger partial charge on any atom is -0.349 e. The fraction of sp³-hybridized carbons (Fsp3) is 0.615. The molecule has 1 aliphatic rings. The van der Waals surface area contributed by atoms with Crippen molar-refractivity contribution in [2.45, 2.75) is 46.1 Å². The van der Waals surface area contributed by atoms with Crippen molar-refractivity contribution in [3.05, 3.63) is 10.6 Å². The molecule has 1 N–H and O–H groups in total. The van der Waals surface area contributed by atoms with E-state index in [4.69, 9.17) is 0 Å². The summed E-state index contributed by atoms with van der Waals surface area (Å²) in [5.41, 5.74) is 1.05. The van der Waals surface area contributed by atoms with Gasteiger partial charge < -0.3 is 5.32 Å². The number of anilines is 1. The number of likely N-dealkylation sites (tertiary alicyclic amines) is 1. The summed E-state index contributed by atoms with van der Waals surface area (Å²) in [5, 5.41) is 3.84. The van der Waals surface area contributed by atoms with Crippen molar-refractivity contribution in [3.8, 4) is 0 Å². The molecule has 104 valence electrons. The van der Waals surface area contributed by atoms with Crippen molar-refractivity contribution in [1.82, 2.24) is 9.88 Å². The van der Waals surface area contributed by atoms with Crippen LogP contribution in [0.2, 0.25) is 0 Å². The number of carbonyl (C=O) groups is 2. The fourth-order valence-corrected chi connectivity index (χ4v) is 3.18. The number of hydrogen-bond acceptors (Lipinski definition) is 5. The monoisotopic (exact) mass is 281 g/mol. The second kappa shape index (κ2) is 5.69. The Morgan fingerprint density at radius 1 is 1.42 bits per heavy atom. The van der Waals surface area contributed by atoms with Crippen molar-refractivity contribution in [2.24, 2.45) is 0 Å². The van der Waals surface area contributed by atoms with Gasteiger partial charge in [-0.3, -0.25) is 14.5 Å². The van der Waals surface area contributed by atoms with Gasteiger partial charge in [-0.2, -0.15) is 0 Å². The number of nitrogens with one attached hydrogen (secondary N) is 1. The van der Waals surface area contributed by atoms with E-state index in [9.17, 15) is 9.59 Å². The molecule has 0 aromatic carbocycles. The first-order chi connectivity index (χ1) is 9.06. The molecular weight excluding hydrogens is 262 g/mol. The average molecular weight is 281 g/mol. The Kier molecular flexibility index (Phi) is 4.19. The molecule has 6 heteroatoms. The molecule has 2 amide bonds. The predicted octanol–water partition coefficient (Wildman–Crippen LogP) is 1.96. The molecule has 1 unspecified atom stereocenters. The summed E-state index contributed by atoms with van der Waals surface area (Å²) in [6, 6.07) is -0.450. The van der Waals surface area contributed by atoms with E-state index in [0.717, 1.165) is 28.5 Å². The van der Waals surface area contributed by atoms with Crippen molar-refractivity contribution in [1.29, 1.82) is 0 Å². The van der Waals surface area contributed by atoms with Crippen LogP contribution in [0.5, 0.6) is 0 Å². The second-order valence-corrected chi connectivity index (χ2v) is 5.86. The lowest BCUT2D eigenvalue weighted by Gasteiger charge is -2.13. The Bertz CT molecular complexity index is 498. The highest BCUT2D eigenvalue weighted by Crippen LogP contribution is 2.25. The van der Waals surface area contributed by atoms with Crippen LogP contribution in [-0.4, -0.2) is 34.3 Å². The number of aromatic nitrogens is 1. The Morgan fingerprint density at radius 2 is 2.16 bits per heavy atom. The smallest absolute Gasteiger partial charge is 0.252 e. The minimum atomic E-state index is -0.450. The molecule has 0 aliphatic carbocycles. The first kappa shape index (κ1) is 14.0. The number of amides is 2. The Labute approximate surface area is 117 Å². The zero-order chi connectivity index (χ0) is 14.0. The van der Waals surface area contributed by atoms with Gasteiger partial charge in [0.2, 0.25) is 5.91 Å². The van der Waals surface area contributed by atoms with E-state index in [2.05, 4.69) is 17.2 Å².